The van der Waals surface area contributed by atoms with Crippen LogP contribution in [0.5, 0.6) is 0 Å². The lowest BCUT2D eigenvalue weighted by Crippen LogP contribution is -2.16. The van der Waals surface area contributed by atoms with Gasteiger partial charge in [0.25, 0.3) is 0 Å². The number of para-hydroxylation sites is 1. The van der Waals surface area contributed by atoms with Gasteiger partial charge < -0.3 is 0 Å². The molecular weight excluding hydrogens is 514 g/mol. The second-order valence-corrected chi connectivity index (χ2v) is 10.6. The molecule has 5 nitrogen and oxygen atoms in total. The molecule has 4 aromatic heterocycles. The Morgan fingerprint density at radius 2 is 1.33 bits per heavy atom. The fourth-order valence-electron chi connectivity index (χ4n) is 6.45. The molecule has 0 amide bonds. The van der Waals surface area contributed by atoms with Gasteiger partial charge in [0.1, 0.15) is 11.6 Å². The van der Waals surface area contributed by atoms with Gasteiger partial charge in [-0.1, -0.05) is 60.7 Å². The Labute approximate surface area is 242 Å². The van der Waals surface area contributed by atoms with Crippen molar-refractivity contribution in [2.75, 3.05) is 4.90 Å². The molecule has 0 saturated carbocycles. The average Bonchev–Trinajstić information content (AvgIpc) is 3.38. The average molecular weight is 538 g/mol. The number of aromatic nitrogens is 4. The molecule has 42 heavy (non-hydrogen) atoms. The van der Waals surface area contributed by atoms with Crippen molar-refractivity contribution in [2.24, 2.45) is 0 Å². The highest BCUT2D eigenvalue weighted by molar-refractivity contribution is 6.18. The molecule has 8 aromatic rings. The summed E-state index contributed by atoms with van der Waals surface area (Å²) >= 11 is 0. The Hall–Kier alpha value is -5.81. The van der Waals surface area contributed by atoms with Crippen molar-refractivity contribution in [1.82, 2.24) is 19.5 Å². The first-order valence-corrected chi connectivity index (χ1v) is 14.0. The molecule has 0 radical (unpaired) electrons. The molecule has 1 aliphatic heterocycles. The van der Waals surface area contributed by atoms with Crippen molar-refractivity contribution < 1.29 is 0 Å². The van der Waals surface area contributed by atoms with Crippen molar-refractivity contribution in [1.29, 1.82) is 0 Å². The number of benzene rings is 4. The minimum Gasteiger partial charge on any atom is -0.294 e. The Morgan fingerprint density at radius 3 is 2.14 bits per heavy atom. The van der Waals surface area contributed by atoms with Gasteiger partial charge >= 0.3 is 0 Å². The van der Waals surface area contributed by atoms with Crippen LogP contribution in [0.15, 0.2) is 140 Å². The van der Waals surface area contributed by atoms with Gasteiger partial charge in [-0.2, -0.15) is 0 Å². The van der Waals surface area contributed by atoms with E-state index in [0.717, 1.165) is 45.3 Å². The van der Waals surface area contributed by atoms with Crippen LogP contribution in [0.25, 0.3) is 60.8 Å². The van der Waals surface area contributed by atoms with E-state index < -0.39 is 0 Å². The van der Waals surface area contributed by atoms with Crippen LogP contribution in [-0.2, 0) is 0 Å². The van der Waals surface area contributed by atoms with Crippen molar-refractivity contribution in [3.63, 3.8) is 0 Å². The summed E-state index contributed by atoms with van der Waals surface area (Å²) in [6.45, 7) is 0. The van der Waals surface area contributed by atoms with Gasteiger partial charge in [0, 0.05) is 45.9 Å². The van der Waals surface area contributed by atoms with Crippen molar-refractivity contribution >= 4 is 49.8 Å². The van der Waals surface area contributed by atoms with Crippen LogP contribution < -0.4 is 4.90 Å². The van der Waals surface area contributed by atoms with Gasteiger partial charge in [-0.15, -0.1) is 0 Å². The fraction of sp³-hybridized carbons (Fsp3) is 0. The van der Waals surface area contributed by atoms with Gasteiger partial charge in [0.2, 0.25) is 0 Å². The first kappa shape index (κ1) is 22.9. The van der Waals surface area contributed by atoms with Gasteiger partial charge in [-0.05, 0) is 71.6 Å². The molecule has 0 spiro atoms. The van der Waals surface area contributed by atoms with E-state index in [2.05, 4.69) is 105 Å². The molecule has 5 heteroatoms. The van der Waals surface area contributed by atoms with Crippen LogP contribution in [0.1, 0.15) is 0 Å². The standard InChI is InChI=1S/C37H23N5/c1-2-14-31-26(11-1)28-21-29-27-12-7-9-24-10-8-15-32(37(24)27)42(34(29)22-33(28)41(31)35-16-4-6-20-39-35)36-18-17-25(23-40-36)30-13-3-5-19-38-30/h1-23H. The van der Waals surface area contributed by atoms with Crippen LogP contribution in [0.3, 0.4) is 0 Å². The number of pyridine rings is 3. The van der Waals surface area contributed by atoms with Crippen LogP contribution in [0, 0.1) is 0 Å². The van der Waals surface area contributed by atoms with E-state index in [1.807, 2.05) is 48.9 Å². The van der Waals surface area contributed by atoms with Gasteiger partial charge in [-0.25, -0.2) is 9.97 Å². The summed E-state index contributed by atoms with van der Waals surface area (Å²) in [6.07, 6.45) is 5.58. The van der Waals surface area contributed by atoms with Crippen molar-refractivity contribution in [3.8, 4) is 28.2 Å². The number of anilines is 3. The maximum atomic E-state index is 5.01. The first-order valence-electron chi connectivity index (χ1n) is 14.0. The van der Waals surface area contributed by atoms with E-state index >= 15 is 0 Å². The number of hydrogen-bond donors (Lipinski definition) is 0. The minimum absolute atomic E-state index is 0.859. The fourth-order valence-corrected chi connectivity index (χ4v) is 6.45. The molecule has 0 aliphatic carbocycles. The van der Waals surface area contributed by atoms with Crippen LogP contribution >= 0.6 is 0 Å². The maximum Gasteiger partial charge on any atom is 0.137 e. The summed E-state index contributed by atoms with van der Waals surface area (Å²) in [4.78, 5) is 16.6. The number of hydrogen-bond acceptors (Lipinski definition) is 4. The molecule has 196 valence electrons. The number of fused-ring (bicyclic) bond motifs is 5. The number of nitrogens with zero attached hydrogens (tertiary/aromatic N) is 5. The predicted molar refractivity (Wildman–Crippen MR) is 171 cm³/mol. The zero-order chi connectivity index (χ0) is 27.6. The third-order valence-electron chi connectivity index (χ3n) is 8.26. The Morgan fingerprint density at radius 1 is 0.500 bits per heavy atom. The third-order valence-corrected chi connectivity index (χ3v) is 8.26. The Balaban J connectivity index is 1.36. The summed E-state index contributed by atoms with van der Waals surface area (Å²) in [5.74, 6) is 1.75. The molecule has 0 saturated heterocycles. The molecule has 0 unspecified atom stereocenters. The number of rotatable bonds is 3. The summed E-state index contributed by atoms with van der Waals surface area (Å²) in [6, 6.07) is 42.6. The molecule has 1 aliphatic rings. The highest BCUT2D eigenvalue weighted by Crippen LogP contribution is 2.52. The lowest BCUT2D eigenvalue weighted by atomic mass is 9.90. The highest BCUT2D eigenvalue weighted by Gasteiger charge is 2.28. The molecule has 0 fully saturated rings. The first-order chi connectivity index (χ1) is 20.8. The zero-order valence-electron chi connectivity index (χ0n) is 22.5. The lowest BCUT2D eigenvalue weighted by Gasteiger charge is -2.33. The molecule has 0 atom stereocenters. The molecule has 0 bridgehead atoms. The second-order valence-electron chi connectivity index (χ2n) is 10.6. The minimum atomic E-state index is 0.859. The summed E-state index contributed by atoms with van der Waals surface area (Å²) in [5.41, 5.74) is 8.76. The van der Waals surface area contributed by atoms with Crippen molar-refractivity contribution in [3.05, 3.63) is 140 Å². The second kappa shape index (κ2) is 8.85. The normalized spacial score (nSPS) is 12.2. The summed E-state index contributed by atoms with van der Waals surface area (Å²) in [5, 5.41) is 4.85. The van der Waals surface area contributed by atoms with E-state index in [4.69, 9.17) is 9.97 Å². The lowest BCUT2D eigenvalue weighted by molar-refractivity contribution is 1.08. The zero-order valence-corrected chi connectivity index (χ0v) is 22.5. The summed E-state index contributed by atoms with van der Waals surface area (Å²) in [7, 11) is 0. The van der Waals surface area contributed by atoms with Crippen molar-refractivity contribution in [2.45, 2.75) is 0 Å². The van der Waals surface area contributed by atoms with E-state index in [-0.39, 0.29) is 0 Å². The van der Waals surface area contributed by atoms with Gasteiger partial charge in [0.05, 0.1) is 28.1 Å². The molecular formula is C37H23N5. The van der Waals surface area contributed by atoms with E-state index in [0.29, 0.717) is 0 Å². The van der Waals surface area contributed by atoms with Gasteiger partial charge in [-0.3, -0.25) is 14.5 Å². The smallest absolute Gasteiger partial charge is 0.137 e. The SMILES string of the molecule is c1ccc(-c2ccc(N3c4cc5c(cc4-c4cccc6cccc3c46)c3ccccc3n5-c3ccccn3)nc2)nc1. The quantitative estimate of drug-likeness (QED) is 0.225. The molecule has 9 rings (SSSR count). The molecule has 0 N–H and O–H groups in total. The summed E-state index contributed by atoms with van der Waals surface area (Å²) < 4.78 is 2.27. The van der Waals surface area contributed by atoms with E-state index in [1.165, 1.54) is 32.7 Å². The van der Waals surface area contributed by atoms with E-state index in [1.54, 1.807) is 0 Å². The van der Waals surface area contributed by atoms with Crippen LogP contribution in [0.2, 0.25) is 0 Å². The van der Waals surface area contributed by atoms with Crippen LogP contribution in [-0.4, -0.2) is 19.5 Å². The third kappa shape index (κ3) is 3.28. The highest BCUT2D eigenvalue weighted by atomic mass is 15.2. The Bertz CT molecular complexity index is 2280. The molecule has 4 aromatic carbocycles. The topological polar surface area (TPSA) is 46.8 Å². The van der Waals surface area contributed by atoms with Crippen LogP contribution in [0.4, 0.5) is 17.2 Å². The monoisotopic (exact) mass is 537 g/mol. The predicted octanol–water partition coefficient (Wildman–Crippen LogP) is 9.24. The van der Waals surface area contributed by atoms with E-state index in [9.17, 15) is 0 Å². The Kier molecular flexibility index (Phi) is 4.83. The molecule has 5 heterocycles. The largest absolute Gasteiger partial charge is 0.294 e. The maximum absolute atomic E-state index is 5.01. The van der Waals surface area contributed by atoms with Gasteiger partial charge in [0.15, 0.2) is 0 Å².